The van der Waals surface area contributed by atoms with Gasteiger partial charge in [0.25, 0.3) is 0 Å². The lowest BCUT2D eigenvalue weighted by molar-refractivity contribution is -0.138. The van der Waals surface area contributed by atoms with Crippen molar-refractivity contribution in [2.45, 2.75) is 33.1 Å². The number of carbonyl (C=O) groups excluding carboxylic acids is 1. The Labute approximate surface area is 171 Å². The molecule has 0 bridgehead atoms. The fourth-order valence-electron chi connectivity index (χ4n) is 4.09. The van der Waals surface area contributed by atoms with Gasteiger partial charge >= 0.3 is 0 Å². The summed E-state index contributed by atoms with van der Waals surface area (Å²) < 4.78 is 1.80. The third kappa shape index (κ3) is 3.73. The van der Waals surface area contributed by atoms with Crippen molar-refractivity contribution in [3.05, 3.63) is 30.7 Å². The van der Waals surface area contributed by atoms with Crippen LogP contribution in [0.3, 0.4) is 0 Å². The van der Waals surface area contributed by atoms with Gasteiger partial charge in [-0.3, -0.25) is 9.48 Å². The molecule has 1 saturated carbocycles. The Balaban J connectivity index is 0.000000994. The first-order chi connectivity index (χ1) is 14.2. The number of anilines is 1. The number of hydrogen-bond acceptors (Lipinski definition) is 4. The van der Waals surface area contributed by atoms with E-state index >= 15 is 0 Å². The van der Waals surface area contributed by atoms with E-state index in [0.29, 0.717) is 5.91 Å². The van der Waals surface area contributed by atoms with Crippen molar-refractivity contribution in [3.63, 3.8) is 0 Å². The molecule has 0 aromatic carbocycles. The lowest BCUT2D eigenvalue weighted by Gasteiger charge is -2.39. The number of carbonyl (C=O) groups is 1. The van der Waals surface area contributed by atoms with Gasteiger partial charge in [0.05, 0.1) is 11.9 Å². The second-order valence-corrected chi connectivity index (χ2v) is 7.62. The Bertz CT molecular complexity index is 978. The average molecular weight is 395 g/mol. The number of nitrogens with zero attached hydrogens (tertiary/aromatic N) is 5. The quantitative estimate of drug-likeness (QED) is 0.739. The first-order valence-electron chi connectivity index (χ1n) is 10.7. The van der Waals surface area contributed by atoms with Crippen LogP contribution in [0.4, 0.5) is 5.69 Å². The standard InChI is InChI=1S/C20H24N6O.C2H6/c1-24-13-15(12-22-24)17-11-16-18(5-6-21-19(16)23-17)25-7-9-26(10-8-25)20(27)14-3-2-4-14;1-2/h5-6,11-14H,2-4,7-10H2,1H3,(H,21,23);1-2H3. The summed E-state index contributed by atoms with van der Waals surface area (Å²) in [6, 6.07) is 4.23. The highest BCUT2D eigenvalue weighted by Gasteiger charge is 2.31. The third-order valence-electron chi connectivity index (χ3n) is 5.91. The molecular formula is C22H30N6O. The maximum Gasteiger partial charge on any atom is 0.225 e. The number of fused-ring (bicyclic) bond motifs is 1. The molecule has 154 valence electrons. The van der Waals surface area contributed by atoms with Gasteiger partial charge in [-0.05, 0) is 25.0 Å². The summed E-state index contributed by atoms with van der Waals surface area (Å²) in [6.07, 6.45) is 9.06. The minimum atomic E-state index is 0.288. The molecule has 3 aromatic rings. The maximum absolute atomic E-state index is 12.5. The fourth-order valence-corrected chi connectivity index (χ4v) is 4.09. The van der Waals surface area contributed by atoms with Crippen molar-refractivity contribution in [2.75, 3.05) is 31.1 Å². The molecule has 1 aliphatic carbocycles. The normalized spacial score (nSPS) is 17.1. The summed E-state index contributed by atoms with van der Waals surface area (Å²) >= 11 is 0. The predicted molar refractivity (Wildman–Crippen MR) is 116 cm³/mol. The summed E-state index contributed by atoms with van der Waals surface area (Å²) in [5.74, 6) is 0.650. The molecule has 7 nitrogen and oxygen atoms in total. The first-order valence-corrected chi connectivity index (χ1v) is 10.7. The van der Waals surface area contributed by atoms with Crippen LogP contribution in [-0.4, -0.2) is 56.7 Å². The van der Waals surface area contributed by atoms with Crippen LogP contribution >= 0.6 is 0 Å². The van der Waals surface area contributed by atoms with E-state index in [-0.39, 0.29) is 5.92 Å². The molecule has 1 amide bonds. The molecule has 2 fully saturated rings. The van der Waals surface area contributed by atoms with Gasteiger partial charge in [0.15, 0.2) is 0 Å². The summed E-state index contributed by atoms with van der Waals surface area (Å²) in [5, 5.41) is 5.38. The highest BCUT2D eigenvalue weighted by Crippen LogP contribution is 2.32. The molecule has 0 atom stereocenters. The number of aromatic nitrogens is 4. The van der Waals surface area contributed by atoms with E-state index in [1.807, 2.05) is 39.5 Å². The van der Waals surface area contributed by atoms with E-state index in [1.54, 1.807) is 4.68 Å². The average Bonchev–Trinajstić information content (AvgIpc) is 3.34. The Kier molecular flexibility index (Phi) is 5.56. The summed E-state index contributed by atoms with van der Waals surface area (Å²) in [6.45, 7) is 7.34. The summed E-state index contributed by atoms with van der Waals surface area (Å²) in [5.41, 5.74) is 4.15. The number of H-pyrrole nitrogens is 1. The van der Waals surface area contributed by atoms with Crippen LogP contribution < -0.4 is 4.90 Å². The number of amides is 1. The molecule has 5 rings (SSSR count). The number of hydrogen-bond donors (Lipinski definition) is 1. The Hall–Kier alpha value is -2.83. The molecule has 29 heavy (non-hydrogen) atoms. The highest BCUT2D eigenvalue weighted by atomic mass is 16.2. The Morgan fingerprint density at radius 1 is 1.17 bits per heavy atom. The number of aryl methyl sites for hydroxylation is 1. The molecule has 1 N–H and O–H groups in total. The Morgan fingerprint density at radius 2 is 1.93 bits per heavy atom. The second-order valence-electron chi connectivity index (χ2n) is 7.62. The molecular weight excluding hydrogens is 364 g/mol. The SMILES string of the molecule is CC.Cn1cc(-c2cc3c(N4CCN(C(=O)C5CCC5)CC4)ccnc3[nH]2)cn1. The molecule has 7 heteroatoms. The Morgan fingerprint density at radius 3 is 2.55 bits per heavy atom. The molecule has 0 spiro atoms. The lowest BCUT2D eigenvalue weighted by Crippen LogP contribution is -2.51. The van der Waals surface area contributed by atoms with Gasteiger partial charge in [-0.15, -0.1) is 0 Å². The molecule has 1 saturated heterocycles. The van der Waals surface area contributed by atoms with Crippen molar-refractivity contribution in [2.24, 2.45) is 13.0 Å². The first kappa shape index (κ1) is 19.5. The summed E-state index contributed by atoms with van der Waals surface area (Å²) in [7, 11) is 1.92. The zero-order chi connectivity index (χ0) is 20.4. The van der Waals surface area contributed by atoms with E-state index in [0.717, 1.165) is 61.3 Å². The summed E-state index contributed by atoms with van der Waals surface area (Å²) in [4.78, 5) is 24.8. The van der Waals surface area contributed by atoms with Gasteiger partial charge in [0.2, 0.25) is 5.91 Å². The smallest absolute Gasteiger partial charge is 0.225 e. The number of rotatable bonds is 3. The van der Waals surface area contributed by atoms with E-state index in [2.05, 4.69) is 37.0 Å². The van der Waals surface area contributed by atoms with Gasteiger partial charge < -0.3 is 14.8 Å². The van der Waals surface area contributed by atoms with Gasteiger partial charge in [0.1, 0.15) is 5.65 Å². The van der Waals surface area contributed by atoms with Gasteiger partial charge in [-0.25, -0.2) is 4.98 Å². The van der Waals surface area contributed by atoms with Crippen LogP contribution in [-0.2, 0) is 11.8 Å². The molecule has 4 heterocycles. The van der Waals surface area contributed by atoms with Crippen molar-refractivity contribution >= 4 is 22.6 Å². The van der Waals surface area contributed by atoms with Crippen molar-refractivity contribution < 1.29 is 4.79 Å². The fraction of sp³-hybridized carbons (Fsp3) is 0.500. The predicted octanol–water partition coefficient (Wildman–Crippen LogP) is 3.44. The molecule has 2 aliphatic rings. The van der Waals surface area contributed by atoms with Crippen molar-refractivity contribution in [3.8, 4) is 11.3 Å². The third-order valence-corrected chi connectivity index (χ3v) is 5.91. The zero-order valence-electron chi connectivity index (χ0n) is 17.6. The van der Waals surface area contributed by atoms with Crippen LogP contribution in [0.2, 0.25) is 0 Å². The van der Waals surface area contributed by atoms with Gasteiger partial charge in [-0.2, -0.15) is 5.10 Å². The molecule has 3 aromatic heterocycles. The highest BCUT2D eigenvalue weighted by molar-refractivity contribution is 5.93. The number of aromatic amines is 1. The topological polar surface area (TPSA) is 70.1 Å². The maximum atomic E-state index is 12.5. The van der Waals surface area contributed by atoms with Gasteiger partial charge in [-0.1, -0.05) is 20.3 Å². The largest absolute Gasteiger partial charge is 0.367 e. The number of nitrogens with one attached hydrogen (secondary N) is 1. The number of pyridine rings is 1. The molecule has 0 radical (unpaired) electrons. The van der Waals surface area contributed by atoms with E-state index in [1.165, 1.54) is 12.1 Å². The minimum Gasteiger partial charge on any atom is -0.367 e. The van der Waals surface area contributed by atoms with Gasteiger partial charge in [0, 0.05) is 68.2 Å². The monoisotopic (exact) mass is 394 g/mol. The molecule has 0 unspecified atom stereocenters. The van der Waals surface area contributed by atoms with E-state index in [9.17, 15) is 4.79 Å². The van der Waals surface area contributed by atoms with Crippen molar-refractivity contribution in [1.82, 2.24) is 24.6 Å². The van der Waals surface area contributed by atoms with E-state index < -0.39 is 0 Å². The molecule has 1 aliphatic heterocycles. The van der Waals surface area contributed by atoms with Crippen LogP contribution in [0.25, 0.3) is 22.3 Å². The van der Waals surface area contributed by atoms with Crippen LogP contribution in [0.5, 0.6) is 0 Å². The van der Waals surface area contributed by atoms with Crippen LogP contribution in [0.1, 0.15) is 33.1 Å². The minimum absolute atomic E-state index is 0.288. The van der Waals surface area contributed by atoms with Crippen LogP contribution in [0, 0.1) is 5.92 Å². The van der Waals surface area contributed by atoms with E-state index in [4.69, 9.17) is 0 Å². The zero-order valence-corrected chi connectivity index (χ0v) is 17.6. The van der Waals surface area contributed by atoms with Crippen LogP contribution in [0.15, 0.2) is 30.7 Å². The second kappa shape index (κ2) is 8.27. The van der Waals surface area contributed by atoms with Crippen molar-refractivity contribution in [1.29, 1.82) is 0 Å². The number of piperazine rings is 1. The lowest BCUT2D eigenvalue weighted by atomic mass is 9.84.